The van der Waals surface area contributed by atoms with Crippen molar-refractivity contribution in [2.24, 2.45) is 0 Å². The number of nitrogens with zero attached hydrogens (tertiary/aromatic N) is 5. The minimum atomic E-state index is -0.415. The van der Waals surface area contributed by atoms with Gasteiger partial charge in [0.25, 0.3) is 0 Å². The van der Waals surface area contributed by atoms with E-state index in [4.69, 9.17) is 31.3 Å². The average Bonchev–Trinajstić information content (AvgIpc) is 3.56. The van der Waals surface area contributed by atoms with Crippen molar-refractivity contribution < 1.29 is 9.13 Å². The topological polar surface area (TPSA) is 65.7 Å². The van der Waals surface area contributed by atoms with Gasteiger partial charge >= 0.3 is 0 Å². The molecule has 8 heteroatoms. The van der Waals surface area contributed by atoms with Gasteiger partial charge in [-0.1, -0.05) is 11.6 Å². The third-order valence-corrected chi connectivity index (χ3v) is 7.16. The zero-order chi connectivity index (χ0) is 23.4. The normalized spacial score (nSPS) is 20.7. The number of benzene rings is 1. The minimum absolute atomic E-state index is 0.0232. The summed E-state index contributed by atoms with van der Waals surface area (Å²) in [6, 6.07) is 7.20. The summed E-state index contributed by atoms with van der Waals surface area (Å²) in [6.07, 6.45) is 7.35. The van der Waals surface area contributed by atoms with Crippen molar-refractivity contribution in [3.63, 3.8) is 0 Å². The first-order valence-electron chi connectivity index (χ1n) is 11.7. The molecule has 4 aromatic rings. The van der Waals surface area contributed by atoms with Crippen LogP contribution < -0.4 is 0 Å². The maximum Gasteiger partial charge on any atom is 0.163 e. The first-order chi connectivity index (χ1) is 16.5. The Kier molecular flexibility index (Phi) is 5.34. The molecular formula is C26H25ClFN5O. The molecule has 1 aliphatic carbocycles. The van der Waals surface area contributed by atoms with Gasteiger partial charge in [0.2, 0.25) is 0 Å². The highest BCUT2D eigenvalue weighted by Gasteiger charge is 2.31. The van der Waals surface area contributed by atoms with Crippen molar-refractivity contribution in [1.29, 1.82) is 0 Å². The van der Waals surface area contributed by atoms with Crippen LogP contribution >= 0.6 is 11.6 Å². The Morgan fingerprint density at radius 3 is 2.68 bits per heavy atom. The summed E-state index contributed by atoms with van der Waals surface area (Å²) < 4.78 is 23.0. The van der Waals surface area contributed by atoms with E-state index in [9.17, 15) is 4.39 Å². The lowest BCUT2D eigenvalue weighted by atomic mass is 9.88. The van der Waals surface area contributed by atoms with Crippen LogP contribution in [-0.4, -0.2) is 37.9 Å². The maximum atomic E-state index is 15.0. The predicted octanol–water partition coefficient (Wildman–Crippen LogP) is 5.92. The number of ether oxygens (including phenoxy) is 1. The summed E-state index contributed by atoms with van der Waals surface area (Å²) >= 11 is 6.01. The van der Waals surface area contributed by atoms with Crippen molar-refractivity contribution in [2.45, 2.75) is 51.0 Å². The molecule has 4 heterocycles. The smallest absolute Gasteiger partial charge is 0.163 e. The Morgan fingerprint density at radius 1 is 1.06 bits per heavy atom. The SMILES string of the molecule is Cc1cc2c(-c3ccc(Cl)cc3F)nc([C@@H]3COC[C@H](c4cnn(C5CC5)c4)C3)nc2nc1C. The molecule has 2 atom stereocenters. The zero-order valence-electron chi connectivity index (χ0n) is 19.1. The Bertz CT molecular complexity index is 1400. The van der Waals surface area contributed by atoms with E-state index in [2.05, 4.69) is 16.0 Å². The predicted molar refractivity (Wildman–Crippen MR) is 129 cm³/mol. The Morgan fingerprint density at radius 2 is 1.88 bits per heavy atom. The molecule has 34 heavy (non-hydrogen) atoms. The lowest BCUT2D eigenvalue weighted by Gasteiger charge is -2.28. The van der Waals surface area contributed by atoms with Gasteiger partial charge in [-0.15, -0.1) is 0 Å². The highest BCUT2D eigenvalue weighted by atomic mass is 35.5. The maximum absolute atomic E-state index is 15.0. The van der Waals surface area contributed by atoms with E-state index >= 15 is 0 Å². The van der Waals surface area contributed by atoms with Crippen molar-refractivity contribution >= 4 is 22.6 Å². The van der Waals surface area contributed by atoms with Crippen molar-refractivity contribution in [3.8, 4) is 11.3 Å². The van der Waals surface area contributed by atoms with E-state index in [0.29, 0.717) is 47.0 Å². The Hall–Kier alpha value is -2.90. The second-order valence-electron chi connectivity index (χ2n) is 9.47. The molecule has 1 aliphatic heterocycles. The van der Waals surface area contributed by atoms with Crippen LogP contribution in [0.2, 0.25) is 5.02 Å². The first-order valence-corrected chi connectivity index (χ1v) is 12.1. The third kappa shape index (κ3) is 3.97. The first kappa shape index (κ1) is 21.6. The van der Waals surface area contributed by atoms with Crippen molar-refractivity contribution in [3.05, 3.63) is 70.1 Å². The second-order valence-corrected chi connectivity index (χ2v) is 9.90. The van der Waals surface area contributed by atoms with Gasteiger partial charge in [0, 0.05) is 39.7 Å². The van der Waals surface area contributed by atoms with Crippen molar-refractivity contribution in [1.82, 2.24) is 24.7 Å². The molecule has 6 rings (SSSR count). The molecule has 0 amide bonds. The molecule has 2 fully saturated rings. The molecular weight excluding hydrogens is 453 g/mol. The van der Waals surface area contributed by atoms with Crippen LogP contribution in [0.1, 0.15) is 59.8 Å². The number of halogens is 2. The molecule has 0 N–H and O–H groups in total. The fraction of sp³-hybridized carbons (Fsp3) is 0.385. The lowest BCUT2D eigenvalue weighted by molar-refractivity contribution is 0.0621. The van der Waals surface area contributed by atoms with Gasteiger partial charge in [0.15, 0.2) is 5.65 Å². The standard InChI is InChI=1S/C26H25ClFN5O/c1-14-7-22-24(21-6-3-19(27)9-23(21)28)31-25(32-26(22)30-15(14)2)17-8-16(12-34-13-17)18-10-29-33(11-18)20-4-5-20/h3,6-7,9-11,16-17,20H,4-5,8,12-13H2,1-2H3/t16-,17+/m1/s1. The molecule has 1 aromatic carbocycles. The zero-order valence-corrected chi connectivity index (χ0v) is 19.9. The van der Waals surface area contributed by atoms with E-state index in [1.807, 2.05) is 26.1 Å². The van der Waals surface area contributed by atoms with Gasteiger partial charge < -0.3 is 4.74 Å². The van der Waals surface area contributed by atoms with Gasteiger partial charge in [-0.25, -0.2) is 19.3 Å². The number of pyridine rings is 1. The number of fused-ring (bicyclic) bond motifs is 1. The highest BCUT2D eigenvalue weighted by Crippen LogP contribution is 2.38. The molecule has 174 valence electrons. The quantitative estimate of drug-likeness (QED) is 0.365. The summed E-state index contributed by atoms with van der Waals surface area (Å²) in [5.41, 5.74) is 4.58. The molecule has 0 unspecified atom stereocenters. The number of aromatic nitrogens is 5. The van der Waals surface area contributed by atoms with Crippen LogP contribution in [0, 0.1) is 19.7 Å². The van der Waals surface area contributed by atoms with E-state index < -0.39 is 5.82 Å². The number of aryl methyl sites for hydroxylation is 2. The fourth-order valence-electron chi connectivity index (χ4n) is 4.68. The summed E-state index contributed by atoms with van der Waals surface area (Å²) in [7, 11) is 0. The van der Waals surface area contributed by atoms with Gasteiger partial charge in [0.1, 0.15) is 11.6 Å². The van der Waals surface area contributed by atoms with Gasteiger partial charge in [0.05, 0.1) is 31.1 Å². The fourth-order valence-corrected chi connectivity index (χ4v) is 4.84. The molecule has 0 spiro atoms. The van der Waals surface area contributed by atoms with Gasteiger partial charge in [-0.3, -0.25) is 4.68 Å². The van der Waals surface area contributed by atoms with Crippen LogP contribution in [0.25, 0.3) is 22.3 Å². The average molecular weight is 478 g/mol. The van der Waals surface area contributed by atoms with E-state index in [-0.39, 0.29) is 11.8 Å². The van der Waals surface area contributed by atoms with Crippen LogP contribution in [0.5, 0.6) is 0 Å². The van der Waals surface area contributed by atoms with E-state index in [1.165, 1.54) is 24.5 Å². The summed E-state index contributed by atoms with van der Waals surface area (Å²) in [6.45, 7) is 5.11. The third-order valence-electron chi connectivity index (χ3n) is 6.92. The largest absolute Gasteiger partial charge is 0.380 e. The van der Waals surface area contributed by atoms with Crippen molar-refractivity contribution in [2.75, 3.05) is 13.2 Å². The Labute approximate surface area is 202 Å². The number of rotatable bonds is 4. The molecule has 1 saturated heterocycles. The Balaban J connectivity index is 1.41. The highest BCUT2D eigenvalue weighted by molar-refractivity contribution is 6.30. The lowest BCUT2D eigenvalue weighted by Crippen LogP contribution is -2.24. The molecule has 6 nitrogen and oxygen atoms in total. The van der Waals surface area contributed by atoms with E-state index in [0.717, 1.165) is 23.1 Å². The van der Waals surface area contributed by atoms with Gasteiger partial charge in [-0.2, -0.15) is 5.10 Å². The molecule has 1 saturated carbocycles. The van der Waals surface area contributed by atoms with Crippen LogP contribution in [-0.2, 0) is 4.74 Å². The summed E-state index contributed by atoms with van der Waals surface area (Å²) in [5, 5.41) is 5.62. The second kappa shape index (κ2) is 8.40. The van der Waals surface area contributed by atoms with Gasteiger partial charge in [-0.05, 0) is 68.5 Å². The molecule has 2 aliphatic rings. The molecule has 3 aromatic heterocycles. The molecule has 0 radical (unpaired) electrons. The monoisotopic (exact) mass is 477 g/mol. The van der Waals surface area contributed by atoms with E-state index in [1.54, 1.807) is 12.1 Å². The van der Waals surface area contributed by atoms with Crippen LogP contribution in [0.3, 0.4) is 0 Å². The molecule has 0 bridgehead atoms. The minimum Gasteiger partial charge on any atom is -0.380 e. The van der Waals surface area contributed by atoms with Crippen LogP contribution in [0.4, 0.5) is 4.39 Å². The summed E-state index contributed by atoms with van der Waals surface area (Å²) in [5.74, 6) is 0.410. The number of hydrogen-bond donors (Lipinski definition) is 0. The number of hydrogen-bond acceptors (Lipinski definition) is 5. The van der Waals surface area contributed by atoms with Crippen LogP contribution in [0.15, 0.2) is 36.7 Å². The summed E-state index contributed by atoms with van der Waals surface area (Å²) in [4.78, 5) is 14.4.